The molecule has 0 radical (unpaired) electrons. The molecule has 0 amide bonds. The van der Waals surface area contributed by atoms with Crippen molar-refractivity contribution in [1.82, 2.24) is 14.6 Å². The highest BCUT2D eigenvalue weighted by Crippen LogP contribution is 2.31. The summed E-state index contributed by atoms with van der Waals surface area (Å²) in [4.78, 5) is 4.17. The SMILES string of the molecule is Nc1cccn2nc(-c3cccc(C(F)(F)F)c3)nc12. The van der Waals surface area contributed by atoms with Gasteiger partial charge < -0.3 is 5.73 Å². The van der Waals surface area contributed by atoms with Crippen molar-refractivity contribution in [3.63, 3.8) is 0 Å². The molecular weight excluding hydrogens is 269 g/mol. The van der Waals surface area contributed by atoms with Crippen LogP contribution in [0.3, 0.4) is 0 Å². The third kappa shape index (κ3) is 2.07. The number of nitrogens with zero attached hydrogens (tertiary/aromatic N) is 3. The molecule has 0 saturated heterocycles. The van der Waals surface area contributed by atoms with Gasteiger partial charge >= 0.3 is 6.18 Å². The quantitative estimate of drug-likeness (QED) is 0.744. The Morgan fingerprint density at radius 3 is 2.60 bits per heavy atom. The molecule has 1 aromatic carbocycles. The van der Waals surface area contributed by atoms with Crippen molar-refractivity contribution in [2.24, 2.45) is 0 Å². The monoisotopic (exact) mass is 278 g/mol. The van der Waals surface area contributed by atoms with Crippen LogP contribution < -0.4 is 5.73 Å². The number of anilines is 1. The van der Waals surface area contributed by atoms with Gasteiger partial charge in [0.2, 0.25) is 0 Å². The van der Waals surface area contributed by atoms with E-state index in [1.165, 1.54) is 16.6 Å². The van der Waals surface area contributed by atoms with Gasteiger partial charge in [0.1, 0.15) is 0 Å². The van der Waals surface area contributed by atoms with Gasteiger partial charge in [-0.25, -0.2) is 9.50 Å². The van der Waals surface area contributed by atoms with Crippen LogP contribution in [0.25, 0.3) is 17.0 Å². The molecular formula is C13H9F3N4. The third-order valence-corrected chi connectivity index (χ3v) is 2.84. The number of benzene rings is 1. The average molecular weight is 278 g/mol. The van der Waals surface area contributed by atoms with Crippen molar-refractivity contribution >= 4 is 11.3 Å². The summed E-state index contributed by atoms with van der Waals surface area (Å²) in [6.45, 7) is 0. The fraction of sp³-hybridized carbons (Fsp3) is 0.0769. The lowest BCUT2D eigenvalue weighted by Gasteiger charge is -2.06. The van der Waals surface area contributed by atoms with Crippen molar-refractivity contribution in [3.05, 3.63) is 48.2 Å². The minimum Gasteiger partial charge on any atom is -0.396 e. The van der Waals surface area contributed by atoms with Gasteiger partial charge in [0.05, 0.1) is 11.3 Å². The molecule has 3 rings (SSSR count). The first-order chi connectivity index (χ1) is 9.45. The lowest BCUT2D eigenvalue weighted by atomic mass is 10.1. The van der Waals surface area contributed by atoms with Crippen LogP contribution >= 0.6 is 0 Å². The van der Waals surface area contributed by atoms with Gasteiger partial charge in [-0.1, -0.05) is 12.1 Å². The maximum atomic E-state index is 12.7. The molecule has 0 aliphatic carbocycles. The van der Waals surface area contributed by atoms with Crippen LogP contribution in [0.15, 0.2) is 42.6 Å². The fourth-order valence-electron chi connectivity index (χ4n) is 1.88. The first-order valence-corrected chi connectivity index (χ1v) is 5.73. The van der Waals surface area contributed by atoms with Gasteiger partial charge in [-0.15, -0.1) is 5.10 Å². The summed E-state index contributed by atoms with van der Waals surface area (Å²) in [5, 5.41) is 4.13. The summed E-state index contributed by atoms with van der Waals surface area (Å²) >= 11 is 0. The zero-order valence-electron chi connectivity index (χ0n) is 10.1. The number of nitrogen functional groups attached to an aromatic ring is 1. The molecule has 2 heterocycles. The molecule has 0 bridgehead atoms. The second kappa shape index (κ2) is 4.22. The predicted octanol–water partition coefficient (Wildman–Crippen LogP) is 3.00. The minimum atomic E-state index is -4.39. The van der Waals surface area contributed by atoms with E-state index in [0.29, 0.717) is 16.9 Å². The van der Waals surface area contributed by atoms with Crippen LogP contribution in [0.5, 0.6) is 0 Å². The maximum absolute atomic E-state index is 12.7. The van der Waals surface area contributed by atoms with Gasteiger partial charge in [0.25, 0.3) is 0 Å². The summed E-state index contributed by atoms with van der Waals surface area (Å²) in [7, 11) is 0. The van der Waals surface area contributed by atoms with Gasteiger partial charge in [0, 0.05) is 11.8 Å². The Kier molecular flexibility index (Phi) is 2.63. The second-order valence-corrected chi connectivity index (χ2v) is 4.25. The Bertz CT molecular complexity index is 777. The molecule has 3 aromatic rings. The van der Waals surface area contributed by atoms with E-state index in [0.717, 1.165) is 12.1 Å². The van der Waals surface area contributed by atoms with Gasteiger partial charge in [-0.3, -0.25) is 0 Å². The summed E-state index contributed by atoms with van der Waals surface area (Å²) in [5.74, 6) is 0.203. The number of aromatic nitrogens is 3. The van der Waals surface area contributed by atoms with E-state index in [4.69, 9.17) is 5.73 Å². The maximum Gasteiger partial charge on any atom is 0.416 e. The predicted molar refractivity (Wildman–Crippen MR) is 67.8 cm³/mol. The summed E-state index contributed by atoms with van der Waals surface area (Å²) in [6.07, 6.45) is -2.76. The van der Waals surface area contributed by atoms with E-state index in [2.05, 4.69) is 10.1 Å². The third-order valence-electron chi connectivity index (χ3n) is 2.84. The molecule has 20 heavy (non-hydrogen) atoms. The van der Waals surface area contributed by atoms with Crippen LogP contribution in [0.1, 0.15) is 5.56 Å². The molecule has 0 unspecified atom stereocenters. The van der Waals surface area contributed by atoms with Crippen LogP contribution in [0, 0.1) is 0 Å². The summed E-state index contributed by atoms with van der Waals surface area (Å²) in [6, 6.07) is 8.22. The molecule has 4 nitrogen and oxygen atoms in total. The summed E-state index contributed by atoms with van der Waals surface area (Å²) < 4.78 is 39.5. The fourth-order valence-corrected chi connectivity index (χ4v) is 1.88. The highest BCUT2D eigenvalue weighted by Gasteiger charge is 2.30. The average Bonchev–Trinajstić information content (AvgIpc) is 2.83. The van der Waals surface area contributed by atoms with E-state index in [9.17, 15) is 13.2 Å². The molecule has 2 N–H and O–H groups in total. The summed E-state index contributed by atoms with van der Waals surface area (Å²) in [5.41, 5.74) is 6.14. The number of fused-ring (bicyclic) bond motifs is 1. The van der Waals surface area contributed by atoms with Crippen molar-refractivity contribution in [2.45, 2.75) is 6.18 Å². The Labute approximate surface area is 111 Å². The normalized spacial score (nSPS) is 11.9. The van der Waals surface area contributed by atoms with Crippen molar-refractivity contribution in [1.29, 1.82) is 0 Å². The van der Waals surface area contributed by atoms with Crippen LogP contribution in [-0.2, 0) is 6.18 Å². The van der Waals surface area contributed by atoms with E-state index in [-0.39, 0.29) is 5.82 Å². The van der Waals surface area contributed by atoms with Gasteiger partial charge in [-0.2, -0.15) is 13.2 Å². The van der Waals surface area contributed by atoms with Gasteiger partial charge in [-0.05, 0) is 24.3 Å². The van der Waals surface area contributed by atoms with Gasteiger partial charge in [0.15, 0.2) is 11.5 Å². The largest absolute Gasteiger partial charge is 0.416 e. The number of pyridine rings is 1. The Hall–Kier alpha value is -2.57. The second-order valence-electron chi connectivity index (χ2n) is 4.25. The van der Waals surface area contributed by atoms with Crippen LogP contribution in [0.4, 0.5) is 18.9 Å². The first kappa shape index (κ1) is 12.5. The Morgan fingerprint density at radius 2 is 1.90 bits per heavy atom. The van der Waals surface area contributed by atoms with E-state index in [1.807, 2.05) is 0 Å². The topological polar surface area (TPSA) is 56.2 Å². The lowest BCUT2D eigenvalue weighted by molar-refractivity contribution is -0.137. The lowest BCUT2D eigenvalue weighted by Crippen LogP contribution is -2.04. The Balaban J connectivity index is 2.14. The standard InChI is InChI=1S/C13H9F3N4/c14-13(15,16)9-4-1-3-8(7-9)11-18-12-10(17)5-2-6-20(12)19-11/h1-7H,17H2. The molecule has 0 aliphatic heterocycles. The van der Waals surface area contributed by atoms with E-state index >= 15 is 0 Å². The zero-order valence-corrected chi connectivity index (χ0v) is 10.1. The molecule has 0 spiro atoms. The highest BCUT2D eigenvalue weighted by atomic mass is 19.4. The molecule has 0 aliphatic rings. The number of rotatable bonds is 1. The number of alkyl halides is 3. The zero-order chi connectivity index (χ0) is 14.3. The molecule has 0 fully saturated rings. The molecule has 7 heteroatoms. The number of hydrogen-bond donors (Lipinski definition) is 1. The minimum absolute atomic E-state index is 0.203. The van der Waals surface area contributed by atoms with Crippen LogP contribution in [0.2, 0.25) is 0 Å². The highest BCUT2D eigenvalue weighted by molar-refractivity contribution is 5.68. The smallest absolute Gasteiger partial charge is 0.396 e. The van der Waals surface area contributed by atoms with Crippen molar-refractivity contribution < 1.29 is 13.2 Å². The Morgan fingerprint density at radius 1 is 1.10 bits per heavy atom. The first-order valence-electron chi connectivity index (χ1n) is 5.73. The van der Waals surface area contributed by atoms with E-state index in [1.54, 1.807) is 18.3 Å². The molecule has 2 aromatic heterocycles. The van der Waals surface area contributed by atoms with Crippen LogP contribution in [-0.4, -0.2) is 14.6 Å². The number of halogens is 3. The van der Waals surface area contributed by atoms with Crippen molar-refractivity contribution in [2.75, 3.05) is 5.73 Å². The van der Waals surface area contributed by atoms with E-state index < -0.39 is 11.7 Å². The molecule has 0 atom stereocenters. The number of nitrogens with two attached hydrogens (primary N) is 1. The van der Waals surface area contributed by atoms with Crippen molar-refractivity contribution in [3.8, 4) is 11.4 Å². The molecule has 102 valence electrons. The number of hydrogen-bond acceptors (Lipinski definition) is 3. The molecule has 0 saturated carbocycles.